The van der Waals surface area contributed by atoms with E-state index in [4.69, 9.17) is 5.11 Å². The molecule has 0 heterocycles. The van der Waals surface area contributed by atoms with E-state index in [1.54, 1.807) is 0 Å². The molecule has 1 aromatic carbocycles. The SMILES string of the molecule is CN(C)c1ccc(SCC(=O)O)cc1. The fraction of sp³-hybridized carbons (Fsp3) is 0.300. The molecule has 0 atom stereocenters. The monoisotopic (exact) mass is 211 g/mol. The van der Waals surface area contributed by atoms with Crippen LogP contribution in [0.1, 0.15) is 0 Å². The molecule has 0 spiro atoms. The number of carboxylic acid groups (broad SMARTS) is 1. The number of anilines is 1. The van der Waals surface area contributed by atoms with Crippen molar-refractivity contribution in [2.45, 2.75) is 4.90 Å². The summed E-state index contributed by atoms with van der Waals surface area (Å²) in [7, 11) is 3.94. The predicted molar refractivity (Wildman–Crippen MR) is 59.1 cm³/mol. The Bertz CT molecular complexity index is 308. The van der Waals surface area contributed by atoms with Crippen molar-refractivity contribution in [1.29, 1.82) is 0 Å². The number of rotatable bonds is 4. The first-order valence-electron chi connectivity index (χ1n) is 4.21. The van der Waals surface area contributed by atoms with Crippen molar-refractivity contribution in [2.24, 2.45) is 0 Å². The van der Waals surface area contributed by atoms with E-state index >= 15 is 0 Å². The molecule has 14 heavy (non-hydrogen) atoms. The molecule has 1 N–H and O–H groups in total. The summed E-state index contributed by atoms with van der Waals surface area (Å²) >= 11 is 1.33. The van der Waals surface area contributed by atoms with E-state index in [9.17, 15) is 4.79 Å². The van der Waals surface area contributed by atoms with Gasteiger partial charge < -0.3 is 10.0 Å². The second kappa shape index (κ2) is 4.91. The predicted octanol–water partition coefficient (Wildman–Crippen LogP) is 1.93. The molecule has 0 radical (unpaired) electrons. The summed E-state index contributed by atoms with van der Waals surface area (Å²) in [5.74, 6) is -0.673. The van der Waals surface area contributed by atoms with E-state index < -0.39 is 5.97 Å². The summed E-state index contributed by atoms with van der Waals surface area (Å²) in [4.78, 5) is 13.3. The van der Waals surface area contributed by atoms with E-state index in [0.29, 0.717) is 0 Å². The maximum atomic E-state index is 10.3. The Morgan fingerprint density at radius 3 is 2.36 bits per heavy atom. The molecule has 1 aromatic rings. The summed E-state index contributed by atoms with van der Waals surface area (Å²) in [6.45, 7) is 0. The molecule has 0 aromatic heterocycles. The Hall–Kier alpha value is -1.16. The fourth-order valence-electron chi connectivity index (χ4n) is 0.986. The lowest BCUT2D eigenvalue weighted by Crippen LogP contribution is -2.07. The average Bonchev–Trinajstić information content (AvgIpc) is 2.15. The maximum Gasteiger partial charge on any atom is 0.313 e. The van der Waals surface area contributed by atoms with Gasteiger partial charge in [0.15, 0.2) is 0 Å². The Balaban J connectivity index is 2.59. The molecule has 0 saturated heterocycles. The molecule has 0 bridgehead atoms. The summed E-state index contributed by atoms with van der Waals surface area (Å²) in [6.07, 6.45) is 0. The van der Waals surface area contributed by atoms with Gasteiger partial charge in [-0.1, -0.05) is 0 Å². The number of hydrogen-bond acceptors (Lipinski definition) is 3. The Labute approximate surface area is 87.7 Å². The van der Waals surface area contributed by atoms with E-state index in [1.807, 2.05) is 43.3 Å². The van der Waals surface area contributed by atoms with Crippen LogP contribution in [-0.4, -0.2) is 30.9 Å². The minimum absolute atomic E-state index is 0.112. The standard InChI is InChI=1S/C10H13NO2S/c1-11(2)8-3-5-9(6-4-8)14-7-10(12)13/h3-6H,7H2,1-2H3,(H,12,13). The van der Waals surface area contributed by atoms with Crippen molar-refractivity contribution in [3.8, 4) is 0 Å². The van der Waals surface area contributed by atoms with Gasteiger partial charge in [-0.15, -0.1) is 11.8 Å². The third kappa shape index (κ3) is 3.30. The highest BCUT2D eigenvalue weighted by Gasteiger charge is 2.00. The highest BCUT2D eigenvalue weighted by atomic mass is 32.2. The van der Waals surface area contributed by atoms with Gasteiger partial charge in [0, 0.05) is 24.7 Å². The van der Waals surface area contributed by atoms with Gasteiger partial charge in [-0.05, 0) is 24.3 Å². The molecule has 0 aliphatic rings. The molecule has 0 saturated carbocycles. The van der Waals surface area contributed by atoms with E-state index in [1.165, 1.54) is 11.8 Å². The number of benzene rings is 1. The molecule has 0 aliphatic carbocycles. The molecule has 3 nitrogen and oxygen atoms in total. The van der Waals surface area contributed by atoms with Gasteiger partial charge in [-0.3, -0.25) is 4.79 Å². The van der Waals surface area contributed by atoms with Gasteiger partial charge in [0.2, 0.25) is 0 Å². The number of aliphatic carboxylic acids is 1. The average molecular weight is 211 g/mol. The van der Waals surface area contributed by atoms with Gasteiger partial charge >= 0.3 is 5.97 Å². The first-order valence-corrected chi connectivity index (χ1v) is 5.20. The lowest BCUT2D eigenvalue weighted by Gasteiger charge is -2.12. The lowest BCUT2D eigenvalue weighted by atomic mass is 10.3. The molecule has 1 rings (SSSR count). The van der Waals surface area contributed by atoms with Crippen molar-refractivity contribution in [2.75, 3.05) is 24.7 Å². The van der Waals surface area contributed by atoms with Gasteiger partial charge in [0.05, 0.1) is 5.75 Å². The molecule has 76 valence electrons. The van der Waals surface area contributed by atoms with Crippen molar-refractivity contribution in [3.05, 3.63) is 24.3 Å². The van der Waals surface area contributed by atoms with Gasteiger partial charge in [-0.2, -0.15) is 0 Å². The minimum Gasteiger partial charge on any atom is -0.481 e. The number of hydrogen-bond donors (Lipinski definition) is 1. The zero-order valence-electron chi connectivity index (χ0n) is 8.23. The molecular weight excluding hydrogens is 198 g/mol. The molecule has 0 aliphatic heterocycles. The van der Waals surface area contributed by atoms with Crippen LogP contribution in [0.4, 0.5) is 5.69 Å². The molecule has 0 fully saturated rings. The second-order valence-corrected chi connectivity index (χ2v) is 4.12. The van der Waals surface area contributed by atoms with Gasteiger partial charge in [-0.25, -0.2) is 0 Å². The maximum absolute atomic E-state index is 10.3. The van der Waals surface area contributed by atoms with Crippen LogP contribution in [0.5, 0.6) is 0 Å². The van der Waals surface area contributed by atoms with Crippen LogP contribution in [0.15, 0.2) is 29.2 Å². The fourth-order valence-corrected chi connectivity index (χ4v) is 1.60. The summed E-state index contributed by atoms with van der Waals surface area (Å²) in [5, 5.41) is 8.49. The highest BCUT2D eigenvalue weighted by Crippen LogP contribution is 2.20. The Kier molecular flexibility index (Phi) is 3.83. The summed E-state index contributed by atoms with van der Waals surface area (Å²) in [5.41, 5.74) is 1.12. The van der Waals surface area contributed by atoms with Crippen LogP contribution in [0.2, 0.25) is 0 Å². The highest BCUT2D eigenvalue weighted by molar-refractivity contribution is 8.00. The van der Waals surface area contributed by atoms with E-state index in [-0.39, 0.29) is 5.75 Å². The van der Waals surface area contributed by atoms with Crippen LogP contribution < -0.4 is 4.90 Å². The zero-order chi connectivity index (χ0) is 10.6. The third-order valence-corrected chi connectivity index (χ3v) is 2.71. The topological polar surface area (TPSA) is 40.5 Å². The largest absolute Gasteiger partial charge is 0.481 e. The zero-order valence-corrected chi connectivity index (χ0v) is 9.04. The van der Waals surface area contributed by atoms with Gasteiger partial charge in [0.25, 0.3) is 0 Å². The molecular formula is C10H13NO2S. The summed E-state index contributed by atoms with van der Waals surface area (Å²) < 4.78 is 0. The van der Waals surface area contributed by atoms with E-state index in [2.05, 4.69) is 0 Å². The van der Waals surface area contributed by atoms with Crippen LogP contribution >= 0.6 is 11.8 Å². The first kappa shape index (κ1) is 10.9. The number of nitrogens with zero attached hydrogens (tertiary/aromatic N) is 1. The summed E-state index contributed by atoms with van der Waals surface area (Å²) in [6, 6.07) is 7.82. The van der Waals surface area contributed by atoms with Crippen molar-refractivity contribution < 1.29 is 9.90 Å². The first-order chi connectivity index (χ1) is 6.59. The number of carboxylic acids is 1. The van der Waals surface area contributed by atoms with Crippen LogP contribution in [-0.2, 0) is 4.79 Å². The van der Waals surface area contributed by atoms with E-state index in [0.717, 1.165) is 10.6 Å². The van der Waals surface area contributed by atoms with Crippen molar-refractivity contribution in [3.63, 3.8) is 0 Å². The van der Waals surface area contributed by atoms with Crippen LogP contribution in [0, 0.1) is 0 Å². The third-order valence-electron chi connectivity index (χ3n) is 1.72. The number of carbonyl (C=O) groups is 1. The lowest BCUT2D eigenvalue weighted by molar-refractivity contribution is -0.133. The minimum atomic E-state index is -0.785. The smallest absolute Gasteiger partial charge is 0.313 e. The Morgan fingerprint density at radius 1 is 1.36 bits per heavy atom. The van der Waals surface area contributed by atoms with Gasteiger partial charge in [0.1, 0.15) is 0 Å². The molecule has 0 amide bonds. The second-order valence-electron chi connectivity index (χ2n) is 3.07. The molecule has 0 unspecified atom stereocenters. The Morgan fingerprint density at radius 2 is 1.93 bits per heavy atom. The quantitative estimate of drug-likeness (QED) is 0.773. The van der Waals surface area contributed by atoms with Crippen LogP contribution in [0.25, 0.3) is 0 Å². The normalized spacial score (nSPS) is 9.86. The van der Waals surface area contributed by atoms with Crippen molar-refractivity contribution >= 4 is 23.4 Å². The molecule has 4 heteroatoms. The number of thioether (sulfide) groups is 1. The van der Waals surface area contributed by atoms with Crippen LogP contribution in [0.3, 0.4) is 0 Å². The van der Waals surface area contributed by atoms with Crippen molar-refractivity contribution in [1.82, 2.24) is 0 Å².